The molecule has 1 heterocycles. The van der Waals surface area contributed by atoms with Crippen LogP contribution in [0.4, 0.5) is 5.69 Å². The van der Waals surface area contributed by atoms with E-state index >= 15 is 0 Å². The molecule has 0 saturated heterocycles. The zero-order chi connectivity index (χ0) is 17.2. The molecule has 1 aliphatic rings. The maximum absolute atomic E-state index is 12.3. The van der Waals surface area contributed by atoms with Crippen LogP contribution in [0.3, 0.4) is 0 Å². The van der Waals surface area contributed by atoms with Crippen LogP contribution in [-0.4, -0.2) is 10.9 Å². The lowest BCUT2D eigenvalue weighted by Gasteiger charge is -2.06. The minimum atomic E-state index is -0.0148. The highest BCUT2D eigenvalue weighted by Gasteiger charge is 2.13. The molecule has 4 heteroatoms. The summed E-state index contributed by atoms with van der Waals surface area (Å²) >= 11 is 1.58. The Morgan fingerprint density at radius 3 is 2.92 bits per heavy atom. The van der Waals surface area contributed by atoms with E-state index in [4.69, 9.17) is 0 Å². The van der Waals surface area contributed by atoms with E-state index in [0.29, 0.717) is 6.42 Å². The number of amides is 1. The summed E-state index contributed by atoms with van der Waals surface area (Å²) in [4.78, 5) is 17.0. The first kappa shape index (κ1) is 16.0. The second kappa shape index (κ2) is 6.81. The van der Waals surface area contributed by atoms with E-state index in [1.165, 1.54) is 23.1 Å². The Morgan fingerprint density at radius 2 is 2.04 bits per heavy atom. The van der Waals surface area contributed by atoms with Crippen molar-refractivity contribution in [2.45, 2.75) is 32.6 Å². The van der Waals surface area contributed by atoms with E-state index in [1.54, 1.807) is 11.3 Å². The number of nitrogens with one attached hydrogen (secondary N) is 1. The summed E-state index contributed by atoms with van der Waals surface area (Å²) in [7, 11) is 0. The van der Waals surface area contributed by atoms with Crippen molar-refractivity contribution in [3.8, 4) is 10.6 Å². The zero-order valence-electron chi connectivity index (χ0n) is 14.2. The first-order valence-corrected chi connectivity index (χ1v) is 9.48. The molecule has 126 valence electrons. The Balaban J connectivity index is 1.43. The van der Waals surface area contributed by atoms with Crippen LogP contribution in [0, 0.1) is 6.92 Å². The molecule has 0 bridgehead atoms. The molecule has 0 spiro atoms. The Bertz CT molecular complexity index is 929. The molecular weight excluding hydrogens is 328 g/mol. The molecule has 2 aromatic carbocycles. The molecule has 3 nitrogen and oxygen atoms in total. The topological polar surface area (TPSA) is 42.0 Å². The third-order valence-electron chi connectivity index (χ3n) is 4.54. The summed E-state index contributed by atoms with van der Waals surface area (Å²) in [6.07, 6.45) is 3.79. The summed E-state index contributed by atoms with van der Waals surface area (Å²) in [6, 6.07) is 14.5. The van der Waals surface area contributed by atoms with Crippen molar-refractivity contribution < 1.29 is 4.79 Å². The van der Waals surface area contributed by atoms with Crippen molar-refractivity contribution in [2.24, 2.45) is 0 Å². The summed E-state index contributed by atoms with van der Waals surface area (Å²) < 4.78 is 0. The van der Waals surface area contributed by atoms with E-state index in [1.807, 2.05) is 17.5 Å². The predicted molar refractivity (Wildman–Crippen MR) is 103 cm³/mol. The number of aryl methyl sites for hydroxylation is 3. The molecule has 0 radical (unpaired) electrons. The lowest BCUT2D eigenvalue weighted by atomic mass is 10.1. The fourth-order valence-corrected chi connectivity index (χ4v) is 4.13. The van der Waals surface area contributed by atoms with Crippen LogP contribution < -0.4 is 5.32 Å². The highest BCUT2D eigenvalue weighted by atomic mass is 32.1. The summed E-state index contributed by atoms with van der Waals surface area (Å²) in [6.45, 7) is 2.07. The van der Waals surface area contributed by atoms with Gasteiger partial charge in [-0.2, -0.15) is 0 Å². The van der Waals surface area contributed by atoms with Gasteiger partial charge in [0, 0.05) is 16.6 Å². The largest absolute Gasteiger partial charge is 0.326 e. The number of carbonyl (C=O) groups excluding carboxylic acids is 1. The fraction of sp³-hybridized carbons (Fsp3) is 0.238. The number of hydrogen-bond acceptors (Lipinski definition) is 3. The van der Waals surface area contributed by atoms with E-state index in [0.717, 1.165) is 34.8 Å². The molecule has 25 heavy (non-hydrogen) atoms. The number of anilines is 1. The van der Waals surface area contributed by atoms with Crippen LogP contribution >= 0.6 is 11.3 Å². The zero-order valence-corrected chi connectivity index (χ0v) is 15.0. The van der Waals surface area contributed by atoms with Gasteiger partial charge in [-0.25, -0.2) is 4.98 Å². The molecule has 0 unspecified atom stereocenters. The van der Waals surface area contributed by atoms with Crippen molar-refractivity contribution in [3.63, 3.8) is 0 Å². The Kier molecular flexibility index (Phi) is 4.36. The van der Waals surface area contributed by atoms with Gasteiger partial charge in [-0.15, -0.1) is 11.3 Å². The quantitative estimate of drug-likeness (QED) is 0.737. The molecule has 0 aliphatic heterocycles. The number of thiazole rings is 1. The van der Waals surface area contributed by atoms with Crippen LogP contribution in [0.15, 0.2) is 47.8 Å². The molecule has 0 atom stereocenters. The van der Waals surface area contributed by atoms with E-state index in [9.17, 15) is 4.79 Å². The molecule has 4 rings (SSSR count). The minimum absolute atomic E-state index is 0.0148. The van der Waals surface area contributed by atoms with Gasteiger partial charge in [-0.1, -0.05) is 29.8 Å². The third kappa shape index (κ3) is 3.64. The molecule has 1 amide bonds. The SMILES string of the molecule is Cc1cccc(-c2nc(CC(=O)Nc3ccc4c(c3)CCC4)cs2)c1. The number of aromatic nitrogens is 1. The van der Waals surface area contributed by atoms with Crippen molar-refractivity contribution in [1.29, 1.82) is 0 Å². The van der Waals surface area contributed by atoms with Crippen molar-refractivity contribution in [2.75, 3.05) is 5.32 Å². The van der Waals surface area contributed by atoms with Crippen molar-refractivity contribution in [1.82, 2.24) is 4.98 Å². The molecule has 0 fully saturated rings. The second-order valence-electron chi connectivity index (χ2n) is 6.58. The number of fused-ring (bicyclic) bond motifs is 1. The Morgan fingerprint density at radius 1 is 1.16 bits per heavy atom. The van der Waals surface area contributed by atoms with Crippen LogP contribution in [0.25, 0.3) is 10.6 Å². The van der Waals surface area contributed by atoms with Gasteiger partial charge in [0.25, 0.3) is 0 Å². The van der Waals surface area contributed by atoms with E-state index in [-0.39, 0.29) is 5.91 Å². The smallest absolute Gasteiger partial charge is 0.230 e. The average molecular weight is 348 g/mol. The van der Waals surface area contributed by atoms with E-state index in [2.05, 4.69) is 47.6 Å². The first-order chi connectivity index (χ1) is 12.2. The first-order valence-electron chi connectivity index (χ1n) is 8.60. The second-order valence-corrected chi connectivity index (χ2v) is 7.43. The fourth-order valence-electron chi connectivity index (χ4n) is 3.32. The van der Waals surface area contributed by atoms with Crippen LogP contribution in [0.1, 0.15) is 28.8 Å². The van der Waals surface area contributed by atoms with Crippen molar-refractivity contribution in [3.05, 3.63) is 70.2 Å². The van der Waals surface area contributed by atoms with Gasteiger partial charge in [-0.3, -0.25) is 4.79 Å². The lowest BCUT2D eigenvalue weighted by Crippen LogP contribution is -2.14. The standard InChI is InChI=1S/C21H20N2OS/c1-14-4-2-7-17(10-14)21-23-19(13-25-21)12-20(24)22-18-9-8-15-5-3-6-16(15)11-18/h2,4,7-11,13H,3,5-6,12H2,1H3,(H,22,24). The number of hydrogen-bond donors (Lipinski definition) is 1. The van der Waals surface area contributed by atoms with Gasteiger partial charge in [0.15, 0.2) is 0 Å². The molecule has 1 aliphatic carbocycles. The summed E-state index contributed by atoms with van der Waals surface area (Å²) in [5, 5.41) is 5.94. The van der Waals surface area contributed by atoms with Gasteiger partial charge >= 0.3 is 0 Å². The lowest BCUT2D eigenvalue weighted by molar-refractivity contribution is -0.115. The highest BCUT2D eigenvalue weighted by Crippen LogP contribution is 2.26. The number of rotatable bonds is 4. The van der Waals surface area contributed by atoms with Crippen LogP contribution in [0.2, 0.25) is 0 Å². The van der Waals surface area contributed by atoms with Crippen LogP contribution in [-0.2, 0) is 24.1 Å². The summed E-state index contributed by atoms with van der Waals surface area (Å²) in [5.74, 6) is -0.0148. The van der Waals surface area contributed by atoms with Gasteiger partial charge in [0.1, 0.15) is 5.01 Å². The number of nitrogens with zero attached hydrogens (tertiary/aromatic N) is 1. The van der Waals surface area contributed by atoms with Crippen molar-refractivity contribution >= 4 is 22.9 Å². The van der Waals surface area contributed by atoms with Gasteiger partial charge in [-0.05, 0) is 55.5 Å². The van der Waals surface area contributed by atoms with Crippen LogP contribution in [0.5, 0.6) is 0 Å². The molecule has 1 aromatic heterocycles. The summed E-state index contributed by atoms with van der Waals surface area (Å²) in [5.41, 5.74) is 6.81. The van der Waals surface area contributed by atoms with E-state index < -0.39 is 0 Å². The monoisotopic (exact) mass is 348 g/mol. The number of benzene rings is 2. The molecular formula is C21H20N2OS. The Hall–Kier alpha value is -2.46. The third-order valence-corrected chi connectivity index (χ3v) is 5.48. The molecule has 3 aromatic rings. The molecule has 0 saturated carbocycles. The van der Waals surface area contributed by atoms with Gasteiger partial charge in [0.2, 0.25) is 5.91 Å². The molecule has 1 N–H and O–H groups in total. The maximum atomic E-state index is 12.3. The average Bonchev–Trinajstić information content (AvgIpc) is 3.23. The normalized spacial score (nSPS) is 12.8. The maximum Gasteiger partial charge on any atom is 0.230 e. The minimum Gasteiger partial charge on any atom is -0.326 e. The predicted octanol–water partition coefficient (Wildman–Crippen LogP) is 4.79. The Labute approximate surface area is 151 Å². The van der Waals surface area contributed by atoms with Gasteiger partial charge in [0.05, 0.1) is 12.1 Å². The number of carbonyl (C=O) groups is 1. The highest BCUT2D eigenvalue weighted by molar-refractivity contribution is 7.13. The van der Waals surface area contributed by atoms with Gasteiger partial charge < -0.3 is 5.32 Å².